The van der Waals surface area contributed by atoms with E-state index in [9.17, 15) is 40.2 Å². The number of aliphatic hydroxyl groups excluding tert-OH is 5. The molecule has 2 aliphatic heterocycles. The highest BCUT2D eigenvalue weighted by molar-refractivity contribution is 5.91. The van der Waals surface area contributed by atoms with Gasteiger partial charge in [-0.1, -0.05) is 13.8 Å². The Hall–Kier alpha value is -2.52. The molecular formula is C27H36O13. The minimum atomic E-state index is -2.12. The molecule has 0 aromatic carbocycles. The maximum absolute atomic E-state index is 13.6. The van der Waals surface area contributed by atoms with Crippen LogP contribution in [0.25, 0.3) is 0 Å². The number of hydrogen-bond acceptors (Lipinski definition) is 13. The fourth-order valence-electron chi connectivity index (χ4n) is 7.45. The van der Waals surface area contributed by atoms with Crippen molar-refractivity contribution in [3.8, 4) is 0 Å². The van der Waals surface area contributed by atoms with Crippen LogP contribution in [0.5, 0.6) is 0 Å². The summed E-state index contributed by atoms with van der Waals surface area (Å²) in [6, 6.07) is 1.66. The molecule has 3 heterocycles. The first-order valence-corrected chi connectivity index (χ1v) is 13.3. The highest BCUT2D eigenvalue weighted by Gasteiger charge is 2.73. The summed E-state index contributed by atoms with van der Waals surface area (Å²) in [5.74, 6) is -2.63. The highest BCUT2D eigenvalue weighted by atomic mass is 16.7. The lowest BCUT2D eigenvalue weighted by Gasteiger charge is -2.65. The summed E-state index contributed by atoms with van der Waals surface area (Å²) in [6.45, 7) is 2.70. The van der Waals surface area contributed by atoms with Crippen molar-refractivity contribution in [3.63, 3.8) is 0 Å². The van der Waals surface area contributed by atoms with E-state index in [1.165, 1.54) is 12.5 Å². The monoisotopic (exact) mass is 568 g/mol. The number of furan rings is 1. The Labute approximate surface area is 229 Å². The van der Waals surface area contributed by atoms with E-state index in [2.05, 4.69) is 0 Å². The second kappa shape index (κ2) is 10.1. The van der Waals surface area contributed by atoms with E-state index >= 15 is 0 Å². The van der Waals surface area contributed by atoms with Crippen LogP contribution in [0.3, 0.4) is 0 Å². The summed E-state index contributed by atoms with van der Waals surface area (Å²) in [4.78, 5) is 26.7. The predicted octanol–water partition coefficient (Wildman–Crippen LogP) is -0.00480. The first-order chi connectivity index (χ1) is 18.8. The maximum Gasteiger partial charge on any atom is 0.339 e. The Morgan fingerprint density at radius 3 is 2.50 bits per heavy atom. The second-order valence-corrected chi connectivity index (χ2v) is 11.6. The van der Waals surface area contributed by atoms with Crippen LogP contribution in [-0.2, 0) is 28.5 Å². The molecule has 40 heavy (non-hydrogen) atoms. The number of cyclic esters (lactones) is 1. The number of rotatable bonds is 5. The molecule has 13 nitrogen and oxygen atoms in total. The van der Waals surface area contributed by atoms with Crippen molar-refractivity contribution in [1.82, 2.24) is 0 Å². The van der Waals surface area contributed by atoms with Gasteiger partial charge in [-0.3, -0.25) is 0 Å². The van der Waals surface area contributed by atoms with Crippen molar-refractivity contribution >= 4 is 11.9 Å². The summed E-state index contributed by atoms with van der Waals surface area (Å²) >= 11 is 0. The Bertz CT molecular complexity index is 1160. The van der Waals surface area contributed by atoms with Gasteiger partial charge in [0.05, 0.1) is 37.9 Å². The second-order valence-electron chi connectivity index (χ2n) is 11.6. The molecule has 0 bridgehead atoms. The molecule has 0 amide bonds. The van der Waals surface area contributed by atoms with Crippen molar-refractivity contribution in [1.29, 1.82) is 0 Å². The van der Waals surface area contributed by atoms with Crippen LogP contribution in [0.15, 0.2) is 34.3 Å². The summed E-state index contributed by atoms with van der Waals surface area (Å²) in [5, 5.41) is 63.9. The number of carbonyl (C=O) groups is 2. The van der Waals surface area contributed by atoms with Crippen LogP contribution < -0.4 is 0 Å². The molecule has 3 fully saturated rings. The van der Waals surface area contributed by atoms with Gasteiger partial charge >= 0.3 is 11.9 Å². The fraction of sp³-hybridized carbons (Fsp3) is 0.704. The predicted molar refractivity (Wildman–Crippen MR) is 131 cm³/mol. The largest absolute Gasteiger partial charge is 0.512 e. The molecule has 1 saturated carbocycles. The van der Waals surface area contributed by atoms with E-state index in [1.54, 1.807) is 19.9 Å². The molecule has 6 N–H and O–H groups in total. The lowest BCUT2D eigenvalue weighted by molar-refractivity contribution is -0.338. The zero-order chi connectivity index (χ0) is 29.2. The number of fused-ring (bicyclic) bond motifs is 3. The van der Waals surface area contributed by atoms with E-state index in [0.717, 1.165) is 7.11 Å². The number of methoxy groups -OCH3 is 1. The van der Waals surface area contributed by atoms with E-state index in [1.807, 2.05) is 0 Å². The van der Waals surface area contributed by atoms with Gasteiger partial charge in [0.1, 0.15) is 36.3 Å². The average Bonchev–Trinajstić information content (AvgIpc) is 3.46. The lowest BCUT2D eigenvalue weighted by Crippen LogP contribution is -2.72. The molecule has 0 spiro atoms. The summed E-state index contributed by atoms with van der Waals surface area (Å²) in [7, 11) is 1.16. The normalized spacial score (nSPS) is 45.4. The third-order valence-electron chi connectivity index (χ3n) is 9.73. The quantitative estimate of drug-likeness (QED) is 0.259. The molecule has 222 valence electrons. The van der Waals surface area contributed by atoms with Gasteiger partial charge in [-0.15, -0.1) is 0 Å². The Morgan fingerprint density at radius 2 is 1.88 bits per heavy atom. The molecule has 4 aliphatic rings. The van der Waals surface area contributed by atoms with E-state index in [-0.39, 0.29) is 30.6 Å². The lowest BCUT2D eigenvalue weighted by atomic mass is 9.43. The molecule has 13 heteroatoms. The van der Waals surface area contributed by atoms with Crippen LogP contribution in [0.2, 0.25) is 0 Å². The molecule has 2 aliphatic carbocycles. The molecule has 0 radical (unpaired) electrons. The SMILES string of the molecule is COC(=O)C1=C(O)CC[C@@H]2[C@@]1(C)[C@@H](O[C@H]1O[C@H](CO)[C@@H](O)[C@@H](O)[C@@H]1O)C[C@@]1(O)C(=O)O[C@H](c3ccoc3)C[C@@]21C. The van der Waals surface area contributed by atoms with E-state index in [0.29, 0.717) is 5.56 Å². The number of ether oxygens (including phenoxy) is 4. The third kappa shape index (κ3) is 4.02. The van der Waals surface area contributed by atoms with Crippen molar-refractivity contribution in [2.24, 2.45) is 16.7 Å². The minimum Gasteiger partial charge on any atom is -0.512 e. The topological polar surface area (TPSA) is 206 Å². The van der Waals surface area contributed by atoms with Gasteiger partial charge < -0.3 is 54.0 Å². The smallest absolute Gasteiger partial charge is 0.339 e. The molecule has 0 unspecified atom stereocenters. The first-order valence-electron chi connectivity index (χ1n) is 13.3. The number of aliphatic hydroxyl groups is 6. The Kier molecular flexibility index (Phi) is 7.31. The van der Waals surface area contributed by atoms with Crippen molar-refractivity contribution < 1.29 is 63.6 Å². The number of hydrogen-bond donors (Lipinski definition) is 6. The minimum absolute atomic E-state index is 0.0640. The van der Waals surface area contributed by atoms with Gasteiger partial charge in [0.15, 0.2) is 11.9 Å². The average molecular weight is 569 g/mol. The highest BCUT2D eigenvalue weighted by Crippen LogP contribution is 2.67. The van der Waals surface area contributed by atoms with Gasteiger partial charge in [0, 0.05) is 29.2 Å². The zero-order valence-electron chi connectivity index (χ0n) is 22.4. The van der Waals surface area contributed by atoms with Gasteiger partial charge in [0.25, 0.3) is 0 Å². The fourth-order valence-corrected chi connectivity index (χ4v) is 7.45. The van der Waals surface area contributed by atoms with Crippen molar-refractivity contribution in [2.75, 3.05) is 13.7 Å². The van der Waals surface area contributed by atoms with Crippen molar-refractivity contribution in [3.05, 3.63) is 35.5 Å². The summed E-state index contributed by atoms with van der Waals surface area (Å²) < 4.78 is 27.6. The van der Waals surface area contributed by atoms with Crippen LogP contribution in [-0.4, -0.2) is 98.7 Å². The standard InChI is InChI=1S/C27H36O13/c1-25-8-14(12-6-7-37-11-12)39-24(34)27(25,35)9-17(40-23-21(32)20(31)19(30)15(10-28)38-23)26(2)16(25)5-4-13(29)18(26)22(33)36-3/h6-7,11,14-17,19-21,23,28-32,35H,4-5,8-10H2,1-3H3/t14-,15+,16-,17-,19+,20+,21-,23+,25-,26-,27+/m0/s1. The number of esters is 2. The summed E-state index contributed by atoms with van der Waals surface area (Å²) in [5.41, 5.74) is -4.21. The first kappa shape index (κ1) is 29.0. The Morgan fingerprint density at radius 1 is 1.15 bits per heavy atom. The number of carbonyl (C=O) groups excluding carboxylic acids is 2. The molecule has 1 aromatic heterocycles. The van der Waals surface area contributed by atoms with Crippen LogP contribution >= 0.6 is 0 Å². The van der Waals surface area contributed by atoms with E-state index in [4.69, 9.17) is 23.4 Å². The number of allylic oxidation sites excluding steroid dienone is 1. The maximum atomic E-state index is 13.6. The van der Waals surface area contributed by atoms with Gasteiger partial charge in [-0.25, -0.2) is 9.59 Å². The molecule has 11 atom stereocenters. The van der Waals surface area contributed by atoms with Gasteiger partial charge in [-0.2, -0.15) is 0 Å². The van der Waals surface area contributed by atoms with Gasteiger partial charge in [0.2, 0.25) is 0 Å². The van der Waals surface area contributed by atoms with Crippen LogP contribution in [0.1, 0.15) is 51.2 Å². The van der Waals surface area contributed by atoms with Crippen LogP contribution in [0.4, 0.5) is 0 Å². The van der Waals surface area contributed by atoms with Crippen LogP contribution in [0, 0.1) is 16.7 Å². The molecular weight excluding hydrogens is 532 g/mol. The molecule has 5 rings (SSSR count). The van der Waals surface area contributed by atoms with Gasteiger partial charge in [-0.05, 0) is 24.8 Å². The zero-order valence-corrected chi connectivity index (χ0v) is 22.4. The van der Waals surface area contributed by atoms with Crippen molar-refractivity contribution in [2.45, 2.75) is 88.0 Å². The Balaban J connectivity index is 1.61. The summed E-state index contributed by atoms with van der Waals surface area (Å²) in [6.07, 6.45) is -7.17. The third-order valence-corrected chi connectivity index (χ3v) is 9.73. The molecule has 2 saturated heterocycles. The van der Waals surface area contributed by atoms with E-state index < -0.39 is 90.2 Å². The molecule has 1 aromatic rings.